The molecule has 0 radical (unpaired) electrons. The molecule has 194 valence electrons. The van der Waals surface area contributed by atoms with Crippen LogP contribution in [0.3, 0.4) is 0 Å². The van der Waals surface area contributed by atoms with Crippen LogP contribution in [0.25, 0.3) is 22.3 Å². The molecule has 1 aromatic carbocycles. The Hall–Kier alpha value is -3.54. The summed E-state index contributed by atoms with van der Waals surface area (Å²) < 4.78 is 28.5. The predicted molar refractivity (Wildman–Crippen MR) is 135 cm³/mol. The minimum absolute atomic E-state index is 0.213. The lowest BCUT2D eigenvalue weighted by Gasteiger charge is -2.36. The molecule has 4 heterocycles. The quantitative estimate of drug-likeness (QED) is 0.392. The molecule has 9 nitrogen and oxygen atoms in total. The van der Waals surface area contributed by atoms with Crippen molar-refractivity contribution in [3.63, 3.8) is 0 Å². The Bertz CT molecular complexity index is 1400. The number of nitrogens with zero attached hydrogens (tertiary/aromatic N) is 7. The number of aliphatic hydroxyl groups excluding tert-OH is 1. The standard InChI is InChI=1S/C26H29F2N7O2/c1-26(2,37)24(36)21-11-20-22(13-29-21)31-23(18-12-30-35(15-18)16-27)25(32-20)34-9-7-33(8-10-34)14-17-5-3-4-6-19(17)28/h3-6,11-13,15,24,36-37H,7-10,14,16H2,1-2H3/t24-/m1/s1. The number of aromatic nitrogens is 5. The van der Waals surface area contributed by atoms with E-state index in [1.165, 1.54) is 30.8 Å². The molecular weight excluding hydrogens is 480 g/mol. The molecule has 1 aliphatic rings. The molecule has 1 atom stereocenters. The molecule has 4 aromatic rings. The second-order valence-corrected chi connectivity index (χ2v) is 9.79. The molecule has 3 aromatic heterocycles. The average Bonchev–Trinajstić information content (AvgIpc) is 3.38. The highest BCUT2D eigenvalue weighted by atomic mass is 19.1. The smallest absolute Gasteiger partial charge is 0.181 e. The third-order valence-corrected chi connectivity index (χ3v) is 6.56. The van der Waals surface area contributed by atoms with Crippen molar-refractivity contribution < 1.29 is 19.0 Å². The first-order valence-corrected chi connectivity index (χ1v) is 12.1. The van der Waals surface area contributed by atoms with Gasteiger partial charge < -0.3 is 15.1 Å². The summed E-state index contributed by atoms with van der Waals surface area (Å²) >= 11 is 0. The predicted octanol–water partition coefficient (Wildman–Crippen LogP) is 3.08. The van der Waals surface area contributed by atoms with Gasteiger partial charge in [0.1, 0.15) is 23.1 Å². The van der Waals surface area contributed by atoms with Gasteiger partial charge in [0.05, 0.1) is 29.2 Å². The van der Waals surface area contributed by atoms with E-state index in [0.29, 0.717) is 66.4 Å². The van der Waals surface area contributed by atoms with E-state index in [0.717, 1.165) is 0 Å². The monoisotopic (exact) mass is 509 g/mol. The van der Waals surface area contributed by atoms with Crippen molar-refractivity contribution in [2.45, 2.75) is 38.9 Å². The number of aliphatic hydroxyl groups is 2. The van der Waals surface area contributed by atoms with Gasteiger partial charge in [-0.05, 0) is 26.0 Å². The van der Waals surface area contributed by atoms with Gasteiger partial charge in [0.25, 0.3) is 0 Å². The van der Waals surface area contributed by atoms with Gasteiger partial charge >= 0.3 is 0 Å². The van der Waals surface area contributed by atoms with Crippen molar-refractivity contribution >= 4 is 16.9 Å². The van der Waals surface area contributed by atoms with Crippen LogP contribution in [0.1, 0.15) is 31.2 Å². The number of hydrogen-bond donors (Lipinski definition) is 2. The van der Waals surface area contributed by atoms with Gasteiger partial charge in [0, 0.05) is 50.0 Å². The first kappa shape index (κ1) is 25.1. The second kappa shape index (κ2) is 10.1. The summed E-state index contributed by atoms with van der Waals surface area (Å²) in [6.07, 6.45) is 3.43. The maximum Gasteiger partial charge on any atom is 0.181 e. The number of fused-ring (bicyclic) bond motifs is 1. The van der Waals surface area contributed by atoms with Crippen molar-refractivity contribution in [1.29, 1.82) is 0 Å². The molecule has 0 unspecified atom stereocenters. The molecule has 1 aliphatic heterocycles. The minimum atomic E-state index is -1.38. The molecule has 11 heteroatoms. The van der Waals surface area contributed by atoms with Crippen molar-refractivity contribution in [2.24, 2.45) is 0 Å². The first-order valence-electron chi connectivity index (χ1n) is 12.1. The van der Waals surface area contributed by atoms with E-state index in [4.69, 9.17) is 9.97 Å². The van der Waals surface area contributed by atoms with Crippen LogP contribution < -0.4 is 4.90 Å². The Morgan fingerprint density at radius 1 is 1.05 bits per heavy atom. The molecule has 0 bridgehead atoms. The maximum absolute atomic E-state index is 14.1. The summed E-state index contributed by atoms with van der Waals surface area (Å²) in [5.74, 6) is 0.390. The second-order valence-electron chi connectivity index (χ2n) is 9.79. The summed E-state index contributed by atoms with van der Waals surface area (Å²) in [7, 11) is 0. The lowest BCUT2D eigenvalue weighted by molar-refractivity contribution is -0.0516. The van der Waals surface area contributed by atoms with Crippen LogP contribution >= 0.6 is 0 Å². The fourth-order valence-electron chi connectivity index (χ4n) is 4.43. The topological polar surface area (TPSA) is 103 Å². The van der Waals surface area contributed by atoms with Crippen LogP contribution in [0.15, 0.2) is 48.9 Å². The van der Waals surface area contributed by atoms with Gasteiger partial charge in [-0.25, -0.2) is 23.4 Å². The maximum atomic E-state index is 14.1. The van der Waals surface area contributed by atoms with Crippen LogP contribution in [0, 0.1) is 5.82 Å². The van der Waals surface area contributed by atoms with E-state index >= 15 is 0 Å². The minimum Gasteiger partial charge on any atom is -0.387 e. The van der Waals surface area contributed by atoms with Crippen molar-refractivity contribution in [3.05, 3.63) is 66.0 Å². The summed E-state index contributed by atoms with van der Waals surface area (Å²) in [5.41, 5.74) is 1.74. The van der Waals surface area contributed by atoms with Crippen LogP contribution in [0.4, 0.5) is 14.6 Å². The van der Waals surface area contributed by atoms with E-state index in [2.05, 4.69) is 19.9 Å². The number of piperazine rings is 1. The number of anilines is 1. The fraction of sp³-hybridized carbons (Fsp3) is 0.385. The van der Waals surface area contributed by atoms with E-state index in [1.54, 1.807) is 30.6 Å². The van der Waals surface area contributed by atoms with Gasteiger partial charge in [-0.1, -0.05) is 18.2 Å². The van der Waals surface area contributed by atoms with Gasteiger partial charge in [-0.15, -0.1) is 0 Å². The van der Waals surface area contributed by atoms with Gasteiger partial charge in [-0.2, -0.15) is 5.10 Å². The summed E-state index contributed by atoms with van der Waals surface area (Å²) in [5, 5.41) is 24.8. The lowest BCUT2D eigenvalue weighted by atomic mass is 9.98. The Labute approximate surface area is 213 Å². The molecular formula is C26H29F2N7O2. The van der Waals surface area contributed by atoms with E-state index in [1.807, 2.05) is 6.07 Å². The Balaban J connectivity index is 1.47. The highest BCUT2D eigenvalue weighted by molar-refractivity contribution is 5.83. The normalized spacial score (nSPS) is 15.9. The molecule has 5 rings (SSSR count). The molecule has 1 saturated heterocycles. The molecule has 0 saturated carbocycles. The average molecular weight is 510 g/mol. The van der Waals surface area contributed by atoms with E-state index < -0.39 is 18.5 Å². The highest BCUT2D eigenvalue weighted by Crippen LogP contribution is 2.32. The fourth-order valence-corrected chi connectivity index (χ4v) is 4.43. The molecule has 1 fully saturated rings. The van der Waals surface area contributed by atoms with Crippen LogP contribution in [-0.4, -0.2) is 71.6 Å². The SMILES string of the molecule is CC(C)(O)[C@H](O)c1cc2nc(N3CCN(Cc4ccccc4F)CC3)c(-c3cnn(CF)c3)nc2cn1. The third-order valence-electron chi connectivity index (χ3n) is 6.56. The van der Waals surface area contributed by atoms with Crippen molar-refractivity contribution in [1.82, 2.24) is 29.6 Å². The van der Waals surface area contributed by atoms with Gasteiger partial charge in [-0.3, -0.25) is 9.88 Å². The van der Waals surface area contributed by atoms with Crippen molar-refractivity contribution in [3.8, 4) is 11.3 Å². The Morgan fingerprint density at radius 2 is 1.81 bits per heavy atom. The largest absolute Gasteiger partial charge is 0.387 e. The highest BCUT2D eigenvalue weighted by Gasteiger charge is 2.28. The van der Waals surface area contributed by atoms with Crippen LogP contribution in [-0.2, 0) is 13.3 Å². The molecule has 37 heavy (non-hydrogen) atoms. The molecule has 0 amide bonds. The zero-order valence-electron chi connectivity index (χ0n) is 20.7. The molecule has 0 spiro atoms. The zero-order valence-corrected chi connectivity index (χ0v) is 20.7. The van der Waals surface area contributed by atoms with Gasteiger partial charge in [0.2, 0.25) is 0 Å². The number of benzene rings is 1. The number of halogens is 2. The molecule has 0 aliphatic carbocycles. The lowest BCUT2D eigenvalue weighted by Crippen LogP contribution is -2.46. The first-order chi connectivity index (χ1) is 17.7. The zero-order chi connectivity index (χ0) is 26.2. The number of pyridine rings is 1. The number of alkyl halides is 1. The Kier molecular flexibility index (Phi) is 6.84. The van der Waals surface area contributed by atoms with Crippen LogP contribution in [0.2, 0.25) is 0 Å². The summed E-state index contributed by atoms with van der Waals surface area (Å²) in [6.45, 7) is 5.41. The van der Waals surface area contributed by atoms with Crippen LogP contribution in [0.5, 0.6) is 0 Å². The van der Waals surface area contributed by atoms with Crippen molar-refractivity contribution in [2.75, 3.05) is 31.1 Å². The van der Waals surface area contributed by atoms with E-state index in [-0.39, 0.29) is 11.5 Å². The third kappa shape index (κ3) is 5.29. The number of rotatable bonds is 7. The number of hydrogen-bond acceptors (Lipinski definition) is 8. The summed E-state index contributed by atoms with van der Waals surface area (Å²) in [4.78, 5) is 18.2. The summed E-state index contributed by atoms with van der Waals surface area (Å²) in [6, 6.07) is 8.41. The van der Waals surface area contributed by atoms with E-state index in [9.17, 15) is 19.0 Å². The van der Waals surface area contributed by atoms with Gasteiger partial charge in [0.15, 0.2) is 12.6 Å². The molecule has 2 N–H and O–H groups in total. The Morgan fingerprint density at radius 3 is 2.49 bits per heavy atom.